The van der Waals surface area contributed by atoms with Crippen LogP contribution in [-0.2, 0) is 0 Å². The van der Waals surface area contributed by atoms with E-state index in [0.717, 1.165) is 36.6 Å². The molecule has 1 aliphatic rings. The second-order valence-electron chi connectivity index (χ2n) is 5.06. The largest absolute Gasteiger partial charge is 0.370 e. The molecule has 3 rings (SSSR count). The maximum absolute atomic E-state index is 14.0. The van der Waals surface area contributed by atoms with E-state index in [2.05, 4.69) is 20.3 Å². The summed E-state index contributed by atoms with van der Waals surface area (Å²) in [5, 5.41) is 3.24. The molecule has 1 saturated carbocycles. The number of nitrogens with one attached hydrogen (secondary N) is 1. The summed E-state index contributed by atoms with van der Waals surface area (Å²) in [6, 6.07) is 1.66. The minimum Gasteiger partial charge on any atom is -0.370 e. The monoisotopic (exact) mass is 272 g/mol. The van der Waals surface area contributed by atoms with Gasteiger partial charge < -0.3 is 5.32 Å². The summed E-state index contributed by atoms with van der Waals surface area (Å²) < 4.78 is 14.0. The van der Waals surface area contributed by atoms with Crippen LogP contribution < -0.4 is 5.32 Å². The van der Waals surface area contributed by atoms with Crippen LogP contribution in [0.1, 0.15) is 37.1 Å². The summed E-state index contributed by atoms with van der Waals surface area (Å²) in [6.45, 7) is 4.72. The Labute approximate surface area is 117 Å². The highest BCUT2D eigenvalue weighted by atomic mass is 19.1. The van der Waals surface area contributed by atoms with Crippen LogP contribution in [0.15, 0.2) is 18.5 Å². The molecule has 1 aliphatic carbocycles. The van der Waals surface area contributed by atoms with E-state index >= 15 is 0 Å². The molecular weight excluding hydrogens is 255 g/mol. The van der Waals surface area contributed by atoms with E-state index in [1.54, 1.807) is 12.3 Å². The van der Waals surface area contributed by atoms with Gasteiger partial charge in [0, 0.05) is 29.8 Å². The lowest BCUT2D eigenvalue weighted by atomic mass is 10.1. The smallest absolute Gasteiger partial charge is 0.150 e. The van der Waals surface area contributed by atoms with Crippen molar-refractivity contribution < 1.29 is 4.39 Å². The Hall–Kier alpha value is -2.04. The average Bonchev–Trinajstić information content (AvgIpc) is 3.27. The zero-order valence-corrected chi connectivity index (χ0v) is 11.7. The molecule has 0 bridgehead atoms. The van der Waals surface area contributed by atoms with Gasteiger partial charge in [0.1, 0.15) is 11.6 Å². The third-order valence-corrected chi connectivity index (χ3v) is 3.48. The summed E-state index contributed by atoms with van der Waals surface area (Å²) in [7, 11) is 0. The van der Waals surface area contributed by atoms with Gasteiger partial charge in [0.05, 0.1) is 11.9 Å². The fourth-order valence-electron chi connectivity index (χ4n) is 2.23. The molecule has 0 spiro atoms. The summed E-state index contributed by atoms with van der Waals surface area (Å²) in [5.41, 5.74) is 2.03. The maximum Gasteiger partial charge on any atom is 0.150 e. The minimum absolute atomic E-state index is 0.349. The summed E-state index contributed by atoms with van der Waals surface area (Å²) >= 11 is 0. The lowest BCUT2D eigenvalue weighted by Gasteiger charge is -2.13. The fraction of sp³-hybridized carbons (Fsp3) is 0.400. The second-order valence-corrected chi connectivity index (χ2v) is 5.06. The van der Waals surface area contributed by atoms with Gasteiger partial charge in [0.2, 0.25) is 0 Å². The normalized spacial score (nSPS) is 14.3. The molecule has 2 aromatic rings. The molecule has 4 nitrogen and oxygen atoms in total. The zero-order chi connectivity index (χ0) is 14.1. The third-order valence-electron chi connectivity index (χ3n) is 3.48. The molecule has 1 fully saturated rings. The van der Waals surface area contributed by atoms with Crippen LogP contribution in [0.3, 0.4) is 0 Å². The molecule has 0 atom stereocenters. The van der Waals surface area contributed by atoms with Crippen molar-refractivity contribution in [2.24, 2.45) is 0 Å². The highest BCUT2D eigenvalue weighted by Crippen LogP contribution is 2.40. The van der Waals surface area contributed by atoms with E-state index < -0.39 is 0 Å². The summed E-state index contributed by atoms with van der Waals surface area (Å²) in [6.07, 6.45) is 5.05. The molecule has 0 aromatic carbocycles. The van der Waals surface area contributed by atoms with E-state index in [0.29, 0.717) is 17.2 Å². The lowest BCUT2D eigenvalue weighted by molar-refractivity contribution is 0.624. The Bertz CT molecular complexity index is 638. The molecule has 5 heteroatoms. The highest BCUT2D eigenvalue weighted by molar-refractivity contribution is 5.68. The lowest BCUT2D eigenvalue weighted by Crippen LogP contribution is -2.08. The van der Waals surface area contributed by atoms with E-state index in [1.807, 2.05) is 13.8 Å². The van der Waals surface area contributed by atoms with Crippen LogP contribution in [0.5, 0.6) is 0 Å². The molecule has 0 unspecified atom stereocenters. The van der Waals surface area contributed by atoms with Crippen LogP contribution in [0.25, 0.3) is 11.3 Å². The summed E-state index contributed by atoms with van der Waals surface area (Å²) in [5.74, 6) is 1.70. The number of rotatable bonds is 4. The molecule has 0 amide bonds. The second kappa shape index (κ2) is 5.15. The number of aromatic nitrogens is 3. The minimum atomic E-state index is -0.349. The van der Waals surface area contributed by atoms with Crippen LogP contribution in [0, 0.1) is 12.7 Å². The van der Waals surface area contributed by atoms with Crippen molar-refractivity contribution in [2.45, 2.75) is 32.6 Å². The molecule has 0 radical (unpaired) electrons. The van der Waals surface area contributed by atoms with Gasteiger partial charge in [-0.15, -0.1) is 0 Å². The first-order chi connectivity index (χ1) is 9.70. The van der Waals surface area contributed by atoms with Gasteiger partial charge >= 0.3 is 0 Å². The predicted molar refractivity (Wildman–Crippen MR) is 76.1 cm³/mol. The number of pyridine rings is 1. The van der Waals surface area contributed by atoms with Gasteiger partial charge in [-0.1, -0.05) is 0 Å². The van der Waals surface area contributed by atoms with Crippen molar-refractivity contribution in [2.75, 3.05) is 11.9 Å². The molecular formula is C15H17FN4. The SMILES string of the molecule is CCNc1nc(C2CC2)nc(-c2ccncc2F)c1C. The molecule has 0 aliphatic heterocycles. The number of anilines is 1. The molecule has 20 heavy (non-hydrogen) atoms. The van der Waals surface area contributed by atoms with Gasteiger partial charge in [-0.2, -0.15) is 0 Å². The molecule has 1 N–H and O–H groups in total. The molecule has 2 aromatic heterocycles. The van der Waals surface area contributed by atoms with Crippen LogP contribution in [-0.4, -0.2) is 21.5 Å². The van der Waals surface area contributed by atoms with E-state index in [-0.39, 0.29) is 5.82 Å². The quantitative estimate of drug-likeness (QED) is 0.927. The molecule has 104 valence electrons. The first-order valence-electron chi connectivity index (χ1n) is 6.93. The predicted octanol–water partition coefficient (Wildman–Crippen LogP) is 3.30. The maximum atomic E-state index is 14.0. The Morgan fingerprint density at radius 3 is 2.80 bits per heavy atom. The number of hydrogen-bond acceptors (Lipinski definition) is 4. The first kappa shape index (κ1) is 13.0. The van der Waals surface area contributed by atoms with Crippen molar-refractivity contribution in [3.8, 4) is 11.3 Å². The number of nitrogens with zero attached hydrogens (tertiary/aromatic N) is 3. The molecule has 2 heterocycles. The molecule has 0 saturated heterocycles. The topological polar surface area (TPSA) is 50.7 Å². The van der Waals surface area contributed by atoms with Crippen molar-refractivity contribution in [3.63, 3.8) is 0 Å². The van der Waals surface area contributed by atoms with E-state index in [9.17, 15) is 4.39 Å². The van der Waals surface area contributed by atoms with Gasteiger partial charge in [-0.05, 0) is 32.8 Å². The fourth-order valence-corrected chi connectivity index (χ4v) is 2.23. The van der Waals surface area contributed by atoms with Crippen molar-refractivity contribution in [3.05, 3.63) is 35.7 Å². The van der Waals surface area contributed by atoms with E-state index in [4.69, 9.17) is 0 Å². The van der Waals surface area contributed by atoms with Crippen LogP contribution in [0.4, 0.5) is 10.2 Å². The van der Waals surface area contributed by atoms with E-state index in [1.165, 1.54) is 6.20 Å². The van der Waals surface area contributed by atoms with Crippen LogP contribution in [0.2, 0.25) is 0 Å². The average molecular weight is 272 g/mol. The van der Waals surface area contributed by atoms with Gasteiger partial charge in [-0.3, -0.25) is 4.98 Å². The van der Waals surface area contributed by atoms with Crippen molar-refractivity contribution in [1.29, 1.82) is 0 Å². The third kappa shape index (κ3) is 2.35. The van der Waals surface area contributed by atoms with Crippen molar-refractivity contribution in [1.82, 2.24) is 15.0 Å². The van der Waals surface area contributed by atoms with Crippen molar-refractivity contribution >= 4 is 5.82 Å². The number of hydrogen-bond donors (Lipinski definition) is 1. The standard InChI is InChI=1S/C15H17FN4/c1-3-18-14-9(2)13(11-6-7-17-8-12(11)16)19-15(20-14)10-4-5-10/h6-8,10H,3-5H2,1-2H3,(H,18,19,20). The van der Waals surface area contributed by atoms with Gasteiger partial charge in [-0.25, -0.2) is 14.4 Å². The van der Waals surface area contributed by atoms with Gasteiger partial charge in [0.15, 0.2) is 5.82 Å². The Morgan fingerprint density at radius 2 is 2.15 bits per heavy atom. The zero-order valence-electron chi connectivity index (χ0n) is 11.7. The first-order valence-corrected chi connectivity index (χ1v) is 6.93. The van der Waals surface area contributed by atoms with Gasteiger partial charge in [0.25, 0.3) is 0 Å². The number of halogens is 1. The Morgan fingerprint density at radius 1 is 1.35 bits per heavy atom. The Balaban J connectivity index is 2.15. The highest BCUT2D eigenvalue weighted by Gasteiger charge is 2.28. The summed E-state index contributed by atoms with van der Waals surface area (Å²) in [4.78, 5) is 13.0. The van der Waals surface area contributed by atoms with Crippen LogP contribution >= 0.6 is 0 Å². The Kier molecular flexibility index (Phi) is 3.34.